The minimum atomic E-state index is -0.379. The Morgan fingerprint density at radius 1 is 1.55 bits per heavy atom. The molecule has 2 unspecified atom stereocenters. The van der Waals surface area contributed by atoms with E-state index >= 15 is 0 Å². The second-order valence-electron chi connectivity index (χ2n) is 6.01. The van der Waals surface area contributed by atoms with E-state index in [1.54, 1.807) is 10.9 Å². The molecule has 2 amide bonds. The highest BCUT2D eigenvalue weighted by atomic mass is 16.3. The molecule has 0 bridgehead atoms. The highest BCUT2D eigenvalue weighted by molar-refractivity contribution is 5.89. The molecule has 0 aliphatic heterocycles. The number of hydrogen-bond donors (Lipinski definition) is 3. The summed E-state index contributed by atoms with van der Waals surface area (Å²) in [5, 5.41) is 28.3. The fourth-order valence-electron chi connectivity index (χ4n) is 2.76. The molecule has 1 aliphatic carbocycles. The van der Waals surface area contributed by atoms with E-state index in [9.17, 15) is 9.90 Å². The maximum atomic E-state index is 12.1. The van der Waals surface area contributed by atoms with Crippen LogP contribution in [0.25, 0.3) is 0 Å². The smallest absolute Gasteiger partial charge is 0.320 e. The van der Waals surface area contributed by atoms with E-state index in [1.165, 1.54) is 0 Å². The van der Waals surface area contributed by atoms with Gasteiger partial charge >= 0.3 is 6.03 Å². The van der Waals surface area contributed by atoms with Crippen molar-refractivity contribution in [3.63, 3.8) is 0 Å². The molecule has 22 heavy (non-hydrogen) atoms. The van der Waals surface area contributed by atoms with Gasteiger partial charge in [0.05, 0.1) is 0 Å². The Balaban J connectivity index is 2.01. The van der Waals surface area contributed by atoms with Gasteiger partial charge in [-0.3, -0.25) is 10.00 Å². The summed E-state index contributed by atoms with van der Waals surface area (Å²) in [5.41, 5.74) is 0.339. The minimum absolute atomic E-state index is 0.0310. The quantitative estimate of drug-likeness (QED) is 0.791. The molecule has 0 radical (unpaired) electrons. The first-order valence-corrected chi connectivity index (χ1v) is 7.72. The first kappa shape index (κ1) is 16.3. The van der Waals surface area contributed by atoms with Gasteiger partial charge in [-0.05, 0) is 26.7 Å². The number of aliphatic hydroxyl groups is 1. The summed E-state index contributed by atoms with van der Waals surface area (Å²) in [6, 6.07) is 1.74. The Labute approximate surface area is 130 Å². The third kappa shape index (κ3) is 3.77. The number of anilines is 1. The number of carbonyl (C=O) groups excluding carboxylic acids is 1. The van der Waals surface area contributed by atoms with Crippen molar-refractivity contribution in [2.24, 2.45) is 5.92 Å². The lowest BCUT2D eigenvalue weighted by Crippen LogP contribution is -2.45. The van der Waals surface area contributed by atoms with Crippen molar-refractivity contribution >= 4 is 11.8 Å². The Bertz CT molecular complexity index is 561. The molecule has 7 heteroatoms. The van der Waals surface area contributed by atoms with Gasteiger partial charge in [-0.2, -0.15) is 10.4 Å². The lowest BCUT2D eigenvalue weighted by Gasteiger charge is -2.30. The Morgan fingerprint density at radius 2 is 2.27 bits per heavy atom. The largest absolute Gasteiger partial charge is 0.396 e. The van der Waals surface area contributed by atoms with E-state index in [0.717, 1.165) is 25.7 Å². The van der Waals surface area contributed by atoms with Gasteiger partial charge in [-0.15, -0.1) is 0 Å². The summed E-state index contributed by atoms with van der Waals surface area (Å²) in [4.78, 5) is 12.1. The molecule has 0 spiro atoms. The van der Waals surface area contributed by atoms with Gasteiger partial charge in [0.2, 0.25) is 0 Å². The monoisotopic (exact) mass is 305 g/mol. The Morgan fingerprint density at radius 3 is 2.91 bits per heavy atom. The number of urea groups is 1. The molecule has 1 aromatic heterocycles. The molecular formula is C15H23N5O2. The van der Waals surface area contributed by atoms with E-state index < -0.39 is 0 Å². The molecule has 3 N–H and O–H groups in total. The number of aliphatic hydroxyl groups excluding tert-OH is 1. The van der Waals surface area contributed by atoms with Crippen LogP contribution in [0.1, 0.15) is 51.1 Å². The van der Waals surface area contributed by atoms with Crippen LogP contribution < -0.4 is 10.6 Å². The second-order valence-corrected chi connectivity index (χ2v) is 6.01. The lowest BCUT2D eigenvalue weighted by atomic mass is 9.85. The zero-order valence-electron chi connectivity index (χ0n) is 13.0. The van der Waals surface area contributed by atoms with E-state index in [4.69, 9.17) is 5.26 Å². The fourth-order valence-corrected chi connectivity index (χ4v) is 2.76. The first-order chi connectivity index (χ1) is 10.5. The van der Waals surface area contributed by atoms with Crippen molar-refractivity contribution in [1.29, 1.82) is 5.26 Å². The molecule has 1 aromatic rings. The molecule has 2 atom stereocenters. The van der Waals surface area contributed by atoms with Crippen LogP contribution in [-0.4, -0.2) is 33.6 Å². The van der Waals surface area contributed by atoms with Crippen molar-refractivity contribution < 1.29 is 9.90 Å². The zero-order chi connectivity index (χ0) is 16.1. The number of amides is 2. The van der Waals surface area contributed by atoms with Crippen LogP contribution in [0.2, 0.25) is 0 Å². The highest BCUT2D eigenvalue weighted by Crippen LogP contribution is 2.24. The Kier molecular flexibility index (Phi) is 5.39. The number of carbonyl (C=O) groups is 1. The van der Waals surface area contributed by atoms with Crippen molar-refractivity contribution in [3.05, 3.63) is 11.8 Å². The van der Waals surface area contributed by atoms with E-state index in [0.29, 0.717) is 5.56 Å². The molecular weight excluding hydrogens is 282 g/mol. The minimum Gasteiger partial charge on any atom is -0.396 e. The molecule has 1 aliphatic rings. The average molecular weight is 305 g/mol. The molecule has 1 fully saturated rings. The second kappa shape index (κ2) is 7.27. The molecule has 7 nitrogen and oxygen atoms in total. The lowest BCUT2D eigenvalue weighted by molar-refractivity contribution is 0.156. The van der Waals surface area contributed by atoms with Gasteiger partial charge in [0.15, 0.2) is 5.82 Å². The Hall–Kier alpha value is -2.07. The summed E-state index contributed by atoms with van der Waals surface area (Å²) >= 11 is 0. The van der Waals surface area contributed by atoms with Crippen LogP contribution in [0, 0.1) is 17.2 Å². The van der Waals surface area contributed by atoms with Crippen molar-refractivity contribution in [2.45, 2.75) is 51.6 Å². The predicted molar refractivity (Wildman–Crippen MR) is 82.3 cm³/mol. The van der Waals surface area contributed by atoms with Crippen LogP contribution in [0.5, 0.6) is 0 Å². The van der Waals surface area contributed by atoms with Gasteiger partial charge in [-0.25, -0.2) is 4.79 Å². The number of hydrogen-bond acceptors (Lipinski definition) is 4. The van der Waals surface area contributed by atoms with Gasteiger partial charge in [0.25, 0.3) is 0 Å². The maximum Gasteiger partial charge on any atom is 0.320 e. The summed E-state index contributed by atoms with van der Waals surface area (Å²) < 4.78 is 1.64. The van der Waals surface area contributed by atoms with Crippen molar-refractivity contribution in [1.82, 2.24) is 15.1 Å². The third-order valence-corrected chi connectivity index (χ3v) is 4.07. The molecule has 0 saturated heterocycles. The molecule has 120 valence electrons. The zero-order valence-corrected chi connectivity index (χ0v) is 13.0. The highest BCUT2D eigenvalue weighted by Gasteiger charge is 2.26. The fraction of sp³-hybridized carbons (Fsp3) is 0.667. The van der Waals surface area contributed by atoms with Crippen LogP contribution in [0.15, 0.2) is 6.20 Å². The van der Waals surface area contributed by atoms with Gasteiger partial charge < -0.3 is 10.4 Å². The van der Waals surface area contributed by atoms with Crippen molar-refractivity contribution in [2.75, 3.05) is 11.9 Å². The number of nitriles is 1. The van der Waals surface area contributed by atoms with Crippen LogP contribution in [-0.2, 0) is 0 Å². The van der Waals surface area contributed by atoms with Gasteiger partial charge in [-0.1, -0.05) is 12.8 Å². The van der Waals surface area contributed by atoms with Crippen LogP contribution >= 0.6 is 0 Å². The normalized spacial score (nSPS) is 21.4. The number of nitrogens with one attached hydrogen (secondary N) is 2. The van der Waals surface area contributed by atoms with Gasteiger partial charge in [0, 0.05) is 30.8 Å². The maximum absolute atomic E-state index is 12.1. The molecule has 2 rings (SSSR count). The SMILES string of the molecule is CC(C)n1cc(C#N)c(NC(=O)NC2CCCCC2CO)n1. The van der Waals surface area contributed by atoms with E-state index in [1.807, 2.05) is 19.9 Å². The first-order valence-electron chi connectivity index (χ1n) is 7.72. The van der Waals surface area contributed by atoms with Crippen LogP contribution in [0.3, 0.4) is 0 Å². The van der Waals surface area contributed by atoms with Crippen molar-refractivity contribution in [3.8, 4) is 6.07 Å². The summed E-state index contributed by atoms with van der Waals surface area (Å²) in [5.74, 6) is 0.369. The van der Waals surface area contributed by atoms with Crippen LogP contribution in [0.4, 0.5) is 10.6 Å². The molecule has 0 aromatic carbocycles. The van der Waals surface area contributed by atoms with E-state index in [-0.39, 0.29) is 36.5 Å². The third-order valence-electron chi connectivity index (χ3n) is 4.07. The topological polar surface area (TPSA) is 103 Å². The summed E-state index contributed by atoms with van der Waals surface area (Å²) in [6.07, 6.45) is 5.55. The van der Waals surface area contributed by atoms with E-state index in [2.05, 4.69) is 15.7 Å². The predicted octanol–water partition coefficient (Wildman–Crippen LogP) is 2.01. The number of aromatic nitrogens is 2. The summed E-state index contributed by atoms with van der Waals surface area (Å²) in [7, 11) is 0. The standard InChI is InChI=1S/C15H23N5O2/c1-10(2)20-8-12(7-16)14(19-20)18-15(22)17-13-6-4-3-5-11(13)9-21/h8,10-11,13,21H,3-6,9H2,1-2H3,(H2,17,18,19,22). The van der Waals surface area contributed by atoms with Gasteiger partial charge in [0.1, 0.15) is 11.6 Å². The average Bonchev–Trinajstić information content (AvgIpc) is 2.91. The summed E-state index contributed by atoms with van der Waals surface area (Å²) in [6.45, 7) is 3.98. The number of rotatable bonds is 4. The number of nitrogens with zero attached hydrogens (tertiary/aromatic N) is 3. The molecule has 1 heterocycles. The molecule has 1 saturated carbocycles.